The Morgan fingerprint density at radius 3 is 1.28 bits per heavy atom. The van der Waals surface area contributed by atoms with Crippen molar-refractivity contribution in [2.45, 2.75) is 392 Å². The SMILES string of the molecule is C/C=C(/C)C(=O)OC1C(C)=C2[C@H]([C@@H]1OC(=O)CCCCCCC)[C@@](C)(OC(C)=O)CC(OC(=O)CCc1ccc(O)c(CCCCCC)c1)[C@@]1(O)[C@H]2OC(=O)[C@@]1(C)O.C/C=C(/C)C(=O)OC1C(C)=C2[C@H]([C@@H]1OC(=O)CCCCCCC)[C@@](C)(OC(C)=O)CC(OC(=O)CCc1ccc(OCOC)c(CCCCCNC(=O)OC(C)(C)C)c1)[C@@]1(O)[C@H]2OC(=O)[C@@]1(C)O.O=C(O)C(F)(F)F. The van der Waals surface area contributed by atoms with E-state index in [4.69, 9.17) is 71.5 Å². The third-order valence-corrected chi connectivity index (χ3v) is 25.3. The molecule has 1 amide bonds. The van der Waals surface area contributed by atoms with Crippen LogP contribution in [0, 0.1) is 11.8 Å². The van der Waals surface area contributed by atoms with Crippen molar-refractivity contribution in [2.75, 3.05) is 20.4 Å². The molecule has 8 rings (SSSR count). The number of phenolic OH excluding ortho intramolecular Hbond substituents is 1. The molecule has 2 aromatic rings. The molecule has 4 fully saturated rings. The third kappa shape index (κ3) is 28.6. The topological polar surface area (TPSA) is 458 Å². The number of methoxy groups -OCH3 is 1. The second-order valence-electron chi connectivity index (χ2n) is 36.9. The van der Waals surface area contributed by atoms with Gasteiger partial charge in [-0.15, -0.1) is 0 Å². The molecule has 35 heteroatoms. The van der Waals surface area contributed by atoms with Gasteiger partial charge in [0.2, 0.25) is 0 Å². The van der Waals surface area contributed by atoms with Gasteiger partial charge in [-0.1, -0.05) is 134 Å². The van der Waals surface area contributed by atoms with Crippen LogP contribution in [0.5, 0.6) is 11.5 Å². The summed E-state index contributed by atoms with van der Waals surface area (Å²) >= 11 is 0. The number of benzene rings is 2. The van der Waals surface area contributed by atoms with Crippen LogP contribution in [-0.2, 0) is 135 Å². The summed E-state index contributed by atoms with van der Waals surface area (Å²) in [7, 11) is 1.52. The zero-order valence-corrected chi connectivity index (χ0v) is 80.4. The van der Waals surface area contributed by atoms with Gasteiger partial charge in [0.05, 0.1) is 11.8 Å². The lowest BCUT2D eigenvalue weighted by molar-refractivity contribution is -0.212. The molecule has 7 N–H and O–H groups in total. The lowest BCUT2D eigenvalue weighted by atomic mass is 9.75. The Hall–Kier alpha value is -9.97. The van der Waals surface area contributed by atoms with E-state index in [9.17, 15) is 91.4 Å². The summed E-state index contributed by atoms with van der Waals surface area (Å²) in [4.78, 5) is 156. The number of aryl methyl sites for hydroxylation is 4. The van der Waals surface area contributed by atoms with Gasteiger partial charge in [-0.3, -0.25) is 28.8 Å². The monoisotopic (exact) mass is 1880 g/mol. The van der Waals surface area contributed by atoms with Crippen molar-refractivity contribution in [3.8, 4) is 11.5 Å². The Morgan fingerprint density at radius 2 is 0.895 bits per heavy atom. The molecule has 4 unspecified atom stereocenters. The summed E-state index contributed by atoms with van der Waals surface area (Å²) in [6.45, 7) is 29.2. The van der Waals surface area contributed by atoms with Crippen LogP contribution in [0.2, 0.25) is 0 Å². The average Bonchev–Trinajstić information content (AvgIpc) is 1.53. The highest BCUT2D eigenvalue weighted by Gasteiger charge is 2.78. The van der Waals surface area contributed by atoms with Gasteiger partial charge in [-0.05, 0) is 204 Å². The van der Waals surface area contributed by atoms with Crippen LogP contribution >= 0.6 is 0 Å². The number of fused-ring (bicyclic) bond motifs is 6. The number of phenols is 1. The fourth-order valence-corrected chi connectivity index (χ4v) is 18.0. The molecule has 2 aromatic carbocycles. The first-order chi connectivity index (χ1) is 62.2. The molecule has 744 valence electrons. The summed E-state index contributed by atoms with van der Waals surface area (Å²) < 4.78 is 108. The van der Waals surface area contributed by atoms with Crippen LogP contribution in [0.1, 0.15) is 295 Å². The first kappa shape index (κ1) is 112. The van der Waals surface area contributed by atoms with E-state index in [1.54, 1.807) is 98.7 Å². The Morgan fingerprint density at radius 1 is 0.519 bits per heavy atom. The lowest BCUT2D eigenvalue weighted by Gasteiger charge is -2.41. The third-order valence-electron chi connectivity index (χ3n) is 25.3. The van der Waals surface area contributed by atoms with Crippen molar-refractivity contribution in [3.05, 3.63) is 104 Å². The molecule has 0 bridgehead atoms. The number of hydrogen-bond acceptors (Lipinski definition) is 30. The van der Waals surface area contributed by atoms with Gasteiger partial charge >= 0.3 is 77.9 Å². The zero-order valence-electron chi connectivity index (χ0n) is 80.4. The maximum atomic E-state index is 14.0. The van der Waals surface area contributed by atoms with E-state index in [0.717, 1.165) is 132 Å². The predicted octanol–water partition coefficient (Wildman–Crippen LogP) is 14.2. The quantitative estimate of drug-likeness (QED) is 0.00810. The number of unbranched alkanes of at least 4 members (excludes halogenated alkanes) is 13. The number of aliphatic carboxylic acids is 1. The van der Waals surface area contributed by atoms with Gasteiger partial charge in [0.25, 0.3) is 0 Å². The Bertz CT molecular complexity index is 4550. The number of carboxylic acid groups (broad SMARTS) is 1. The maximum Gasteiger partial charge on any atom is 0.490 e. The van der Waals surface area contributed by atoms with Crippen LogP contribution in [0.15, 0.2) is 82.0 Å². The van der Waals surface area contributed by atoms with Crippen molar-refractivity contribution in [3.63, 3.8) is 0 Å². The largest absolute Gasteiger partial charge is 0.508 e. The van der Waals surface area contributed by atoms with E-state index in [0.29, 0.717) is 38.0 Å². The number of aromatic hydroxyl groups is 1. The number of alkyl carbamates (subject to hydrolysis) is 1. The van der Waals surface area contributed by atoms with E-state index >= 15 is 0 Å². The number of amides is 1. The molecule has 133 heavy (non-hydrogen) atoms. The standard InChI is InChI=1S/C51H75NO16.C45H64O13.C2HF3O2/c1-12-14-15-16-19-22-38(54)64-43-41-40(32(4)42(43)65-45(56)31(3)13-2)44-51(60,50(10,59)46(57)66-44)37(29-49(41,9)67-33(5)53)63-39(55)26-24-34-23-25-36(62-30-61-11)35(28-34)21-18-17-20-27-52-47(58)68-48(6,7)8;1-9-12-14-16-18-20-34(48)55-39-37-36(28(5)38(39)56-41(50)27(4)11-3)40-45(53,44(8,52)42(51)57-40)33(26-43(37,7)58-29(6)46)54-35(49)24-22-30-21-23-32(47)31(25-30)19-17-15-13-10-2;3-2(4,5)1(6)7/h13,23,25,28,37,41-44,59-60H,12,14-22,24,26-27,29-30H2,1-11H3,(H,52,58);11,21,23,25,33,37-40,47,52-53H,9-10,12-20,22,24,26H2,1-8H3;(H,6,7)/b31-13-;27-11-;/t37?,41-,42?,43+,44+,49+,50-,51-;33?,37-,38?,39+,40+,43+,44-,45-;/m11./s1. The Kier molecular flexibility index (Phi) is 41.2. The number of alkyl halides is 3. The number of carbonyl (C=O) groups excluding carboxylic acids is 11. The van der Waals surface area contributed by atoms with Gasteiger partial charge in [0.15, 0.2) is 65.8 Å². The maximum absolute atomic E-state index is 14.0. The summed E-state index contributed by atoms with van der Waals surface area (Å²) in [6, 6.07) is 10.7. The number of carbonyl (C=O) groups is 12. The van der Waals surface area contributed by atoms with Gasteiger partial charge < -0.3 is 97.5 Å². The number of aliphatic hydroxyl groups is 4. The minimum Gasteiger partial charge on any atom is -0.508 e. The molecule has 4 aliphatic carbocycles. The molecule has 6 aliphatic rings. The van der Waals surface area contributed by atoms with Crippen molar-refractivity contribution < 1.29 is 163 Å². The smallest absolute Gasteiger partial charge is 0.490 e. The van der Waals surface area contributed by atoms with E-state index in [1.807, 2.05) is 12.1 Å². The molecular formula is C98H140F3NO31. The molecule has 2 aliphatic heterocycles. The van der Waals surface area contributed by atoms with E-state index in [-0.39, 0.29) is 84.5 Å². The van der Waals surface area contributed by atoms with Crippen molar-refractivity contribution in [1.29, 1.82) is 0 Å². The highest BCUT2D eigenvalue weighted by molar-refractivity contribution is 5.90. The first-order valence-corrected chi connectivity index (χ1v) is 46.1. The highest BCUT2D eigenvalue weighted by atomic mass is 19.4. The van der Waals surface area contributed by atoms with E-state index in [1.165, 1.54) is 34.8 Å². The van der Waals surface area contributed by atoms with Gasteiger partial charge in [-0.25, -0.2) is 28.8 Å². The van der Waals surface area contributed by atoms with Crippen LogP contribution < -0.4 is 10.1 Å². The Labute approximate surface area is 776 Å². The first-order valence-electron chi connectivity index (χ1n) is 46.1. The fraction of sp³-hybridized carbons (Fsp3) is 0.673. The van der Waals surface area contributed by atoms with Crippen molar-refractivity contribution in [1.82, 2.24) is 5.32 Å². The predicted molar refractivity (Wildman–Crippen MR) is 475 cm³/mol. The van der Waals surface area contributed by atoms with Gasteiger partial charge in [0, 0.05) is 77.2 Å². The summed E-state index contributed by atoms with van der Waals surface area (Å²) in [5.74, 6) is -12.6. The zero-order chi connectivity index (χ0) is 99.7. The van der Waals surface area contributed by atoms with E-state index < -0.39 is 191 Å². The molecule has 2 saturated carbocycles. The number of ether oxygens (including phenoxy) is 13. The average molecular weight is 1890 g/mol. The van der Waals surface area contributed by atoms with Crippen LogP contribution in [0.3, 0.4) is 0 Å². The minimum absolute atomic E-state index is 0.0211. The summed E-state index contributed by atoms with van der Waals surface area (Å²) in [6.07, 6.45) is 0.851. The molecule has 0 spiro atoms. The second-order valence-corrected chi connectivity index (χ2v) is 36.9. The normalized spacial score (nSPS) is 27.0. The number of nitrogens with one attached hydrogen (secondary N) is 1. The molecule has 32 nitrogen and oxygen atoms in total. The number of hydrogen-bond donors (Lipinski definition) is 7. The van der Waals surface area contributed by atoms with Gasteiger partial charge in [-0.2, -0.15) is 13.2 Å². The lowest BCUT2D eigenvalue weighted by Crippen LogP contribution is -2.64. The van der Waals surface area contributed by atoms with E-state index in [2.05, 4.69) is 26.1 Å². The molecule has 2 saturated heterocycles. The fourth-order valence-electron chi connectivity index (χ4n) is 18.0. The number of allylic oxidation sites excluding steroid dienone is 2. The number of halogens is 3. The van der Waals surface area contributed by atoms with Crippen molar-refractivity contribution in [2.24, 2.45) is 11.8 Å². The molecule has 16 atom stereocenters. The second kappa shape index (κ2) is 49.0. The number of rotatable bonds is 42. The molecule has 2 heterocycles. The highest BCUT2D eigenvalue weighted by Crippen LogP contribution is 2.60. The molecular weight excluding hydrogens is 1740 g/mol. The summed E-state index contributed by atoms with van der Waals surface area (Å²) in [5, 5.41) is 69.7. The van der Waals surface area contributed by atoms with Crippen LogP contribution in [-0.4, -0.2) is 217 Å². The minimum atomic E-state index is -5.08. The Balaban J connectivity index is 0.000000385. The van der Waals surface area contributed by atoms with Crippen LogP contribution in [0.4, 0.5) is 18.0 Å². The van der Waals surface area contributed by atoms with Crippen LogP contribution in [0.25, 0.3) is 0 Å². The molecule has 0 aromatic heterocycles. The molecule has 0 radical (unpaired) electrons. The summed E-state index contributed by atoms with van der Waals surface area (Å²) in [5.41, 5.74) is -10.4. The van der Waals surface area contributed by atoms with Gasteiger partial charge in [0.1, 0.15) is 40.5 Å². The number of carboxylic acids is 1. The number of esters is 10. The van der Waals surface area contributed by atoms with Crippen molar-refractivity contribution >= 4 is 71.8 Å².